The largest absolute Gasteiger partial charge is 0.469 e. The molecule has 0 saturated carbocycles. The van der Waals surface area contributed by atoms with Crippen LogP contribution >= 0.6 is 15.9 Å². The Labute approximate surface area is 118 Å². The molecule has 0 spiro atoms. The maximum Gasteiger partial charge on any atom is 0.271 e. The van der Waals surface area contributed by atoms with Crippen molar-refractivity contribution in [3.8, 4) is 0 Å². The number of nitro benzene ring substituents is 1. The fourth-order valence-corrected chi connectivity index (χ4v) is 2.15. The van der Waals surface area contributed by atoms with Gasteiger partial charge in [0.05, 0.1) is 16.9 Å². The van der Waals surface area contributed by atoms with E-state index in [0.717, 1.165) is 10.2 Å². The first-order valence-electron chi connectivity index (χ1n) is 5.79. The minimum Gasteiger partial charge on any atom is -0.469 e. The smallest absolute Gasteiger partial charge is 0.271 e. The number of nitrogens with one attached hydrogen (secondary N) is 1. The number of anilines is 1. The normalized spacial score (nSPS) is 12.1. The number of nitro groups is 1. The third-order valence-corrected chi connectivity index (χ3v) is 3.34. The van der Waals surface area contributed by atoms with Crippen molar-refractivity contribution in [3.63, 3.8) is 0 Å². The molecule has 1 unspecified atom stereocenters. The fourth-order valence-electron chi connectivity index (χ4n) is 1.78. The Bertz CT molecular complexity index is 569. The Morgan fingerprint density at radius 2 is 2.26 bits per heavy atom. The Balaban J connectivity index is 2.09. The molecule has 5 nitrogen and oxygen atoms in total. The quantitative estimate of drug-likeness (QED) is 0.666. The van der Waals surface area contributed by atoms with Gasteiger partial charge >= 0.3 is 0 Å². The monoisotopic (exact) mass is 324 g/mol. The van der Waals surface area contributed by atoms with Gasteiger partial charge in [0.15, 0.2) is 0 Å². The molecule has 2 rings (SSSR count). The van der Waals surface area contributed by atoms with Gasteiger partial charge in [-0.2, -0.15) is 0 Å². The van der Waals surface area contributed by atoms with Gasteiger partial charge in [0.2, 0.25) is 0 Å². The van der Waals surface area contributed by atoms with Gasteiger partial charge in [-0.25, -0.2) is 0 Å². The van der Waals surface area contributed by atoms with Crippen molar-refractivity contribution in [1.29, 1.82) is 0 Å². The van der Waals surface area contributed by atoms with Crippen molar-refractivity contribution in [2.24, 2.45) is 0 Å². The maximum absolute atomic E-state index is 10.8. The number of hydrogen-bond donors (Lipinski definition) is 1. The molecule has 1 aromatic carbocycles. The molecule has 0 saturated heterocycles. The first kappa shape index (κ1) is 13.6. The lowest BCUT2D eigenvalue weighted by Crippen LogP contribution is -2.18. The lowest BCUT2D eigenvalue weighted by Gasteiger charge is -2.15. The van der Waals surface area contributed by atoms with Crippen molar-refractivity contribution in [2.75, 3.05) is 5.32 Å². The van der Waals surface area contributed by atoms with E-state index in [0.29, 0.717) is 12.1 Å². The van der Waals surface area contributed by atoms with Crippen LogP contribution in [0, 0.1) is 10.1 Å². The van der Waals surface area contributed by atoms with Crippen molar-refractivity contribution in [2.45, 2.75) is 19.4 Å². The van der Waals surface area contributed by atoms with Gasteiger partial charge in [-0.05, 0) is 41.1 Å². The topological polar surface area (TPSA) is 68.3 Å². The van der Waals surface area contributed by atoms with Crippen molar-refractivity contribution < 1.29 is 9.34 Å². The predicted octanol–water partition coefficient (Wildman–Crippen LogP) is 3.99. The van der Waals surface area contributed by atoms with Crippen LogP contribution in [0.2, 0.25) is 0 Å². The standard InChI is InChI=1S/C13H13BrN2O3/c1-9(7-11-3-2-6-19-11)15-13-8-10(16(17)18)4-5-12(13)14/h2-6,8-9,15H,7H2,1H3. The van der Waals surface area contributed by atoms with Crippen molar-refractivity contribution in [1.82, 2.24) is 0 Å². The van der Waals surface area contributed by atoms with Crippen LogP contribution in [0.3, 0.4) is 0 Å². The molecule has 2 aromatic rings. The number of furan rings is 1. The Morgan fingerprint density at radius 3 is 2.89 bits per heavy atom. The molecule has 1 aromatic heterocycles. The summed E-state index contributed by atoms with van der Waals surface area (Å²) in [4.78, 5) is 10.3. The molecular formula is C13H13BrN2O3. The first-order chi connectivity index (χ1) is 9.06. The second-order valence-corrected chi connectivity index (χ2v) is 5.10. The van der Waals surface area contributed by atoms with E-state index in [4.69, 9.17) is 4.42 Å². The summed E-state index contributed by atoms with van der Waals surface area (Å²) in [5.41, 5.74) is 0.768. The molecule has 1 heterocycles. The fraction of sp³-hybridized carbons (Fsp3) is 0.231. The van der Waals surface area contributed by atoms with Gasteiger partial charge in [-0.15, -0.1) is 0 Å². The third-order valence-electron chi connectivity index (χ3n) is 2.65. The van der Waals surface area contributed by atoms with E-state index < -0.39 is 4.92 Å². The van der Waals surface area contributed by atoms with E-state index in [9.17, 15) is 10.1 Å². The number of nitrogens with zero attached hydrogens (tertiary/aromatic N) is 1. The molecule has 1 atom stereocenters. The summed E-state index contributed by atoms with van der Waals surface area (Å²) >= 11 is 3.38. The molecule has 0 bridgehead atoms. The van der Waals surface area contributed by atoms with Crippen molar-refractivity contribution >= 4 is 27.3 Å². The summed E-state index contributed by atoms with van der Waals surface area (Å²) in [6, 6.07) is 8.49. The summed E-state index contributed by atoms with van der Waals surface area (Å²) in [6.07, 6.45) is 2.34. The number of benzene rings is 1. The number of rotatable bonds is 5. The van der Waals surface area contributed by atoms with Gasteiger partial charge in [-0.1, -0.05) is 0 Å². The lowest BCUT2D eigenvalue weighted by molar-refractivity contribution is -0.384. The molecule has 0 amide bonds. The van der Waals surface area contributed by atoms with Crippen molar-refractivity contribution in [3.05, 3.63) is 56.9 Å². The van der Waals surface area contributed by atoms with E-state index in [1.165, 1.54) is 12.1 Å². The van der Waals surface area contributed by atoms with Gasteiger partial charge in [0.1, 0.15) is 5.76 Å². The second-order valence-electron chi connectivity index (χ2n) is 4.25. The Kier molecular flexibility index (Phi) is 4.21. The van der Waals surface area contributed by atoms with E-state index in [-0.39, 0.29) is 11.7 Å². The highest BCUT2D eigenvalue weighted by atomic mass is 79.9. The molecule has 0 radical (unpaired) electrons. The lowest BCUT2D eigenvalue weighted by atomic mass is 10.2. The van der Waals surface area contributed by atoms with Gasteiger partial charge < -0.3 is 9.73 Å². The molecule has 100 valence electrons. The Hall–Kier alpha value is -1.82. The molecular weight excluding hydrogens is 312 g/mol. The molecule has 1 N–H and O–H groups in total. The molecule has 19 heavy (non-hydrogen) atoms. The average Bonchev–Trinajstić information content (AvgIpc) is 2.84. The zero-order chi connectivity index (χ0) is 13.8. The first-order valence-corrected chi connectivity index (χ1v) is 6.58. The Morgan fingerprint density at radius 1 is 1.47 bits per heavy atom. The van der Waals surface area contributed by atoms with Crippen LogP contribution in [0.25, 0.3) is 0 Å². The van der Waals surface area contributed by atoms with Crippen LogP contribution in [0.5, 0.6) is 0 Å². The van der Waals surface area contributed by atoms with Gasteiger partial charge in [0.25, 0.3) is 5.69 Å². The average molecular weight is 325 g/mol. The zero-order valence-electron chi connectivity index (χ0n) is 10.3. The molecule has 0 aliphatic carbocycles. The summed E-state index contributed by atoms with van der Waals surface area (Å²) in [6.45, 7) is 1.99. The van der Waals surface area contributed by atoms with Crippen LogP contribution in [0.1, 0.15) is 12.7 Å². The van der Waals surface area contributed by atoms with Crippen LogP contribution < -0.4 is 5.32 Å². The summed E-state index contributed by atoms with van der Waals surface area (Å²) < 4.78 is 6.07. The minimum atomic E-state index is -0.408. The third kappa shape index (κ3) is 3.57. The SMILES string of the molecule is CC(Cc1ccco1)Nc1cc([N+](=O)[O-])ccc1Br. The summed E-state index contributed by atoms with van der Waals surface area (Å²) in [5.74, 6) is 0.876. The highest BCUT2D eigenvalue weighted by Gasteiger charge is 2.12. The summed E-state index contributed by atoms with van der Waals surface area (Å²) in [7, 11) is 0. The number of halogens is 1. The molecule has 0 fully saturated rings. The minimum absolute atomic E-state index is 0.0656. The van der Waals surface area contributed by atoms with E-state index in [1.807, 2.05) is 19.1 Å². The van der Waals surface area contributed by atoms with Gasteiger partial charge in [0, 0.05) is 29.1 Å². The van der Waals surface area contributed by atoms with Crippen LogP contribution in [-0.4, -0.2) is 11.0 Å². The molecule has 0 aliphatic rings. The number of hydrogen-bond acceptors (Lipinski definition) is 4. The second kappa shape index (κ2) is 5.88. The van der Waals surface area contributed by atoms with Gasteiger partial charge in [-0.3, -0.25) is 10.1 Å². The van der Waals surface area contributed by atoms with Crippen LogP contribution in [0.4, 0.5) is 11.4 Å². The van der Waals surface area contributed by atoms with Crippen LogP contribution in [0.15, 0.2) is 45.5 Å². The van der Waals surface area contributed by atoms with E-state index in [1.54, 1.807) is 12.3 Å². The molecule has 6 heteroatoms. The van der Waals surface area contributed by atoms with E-state index in [2.05, 4.69) is 21.2 Å². The van der Waals surface area contributed by atoms with E-state index >= 15 is 0 Å². The highest BCUT2D eigenvalue weighted by Crippen LogP contribution is 2.28. The van der Waals surface area contributed by atoms with Crippen LogP contribution in [-0.2, 0) is 6.42 Å². The maximum atomic E-state index is 10.8. The zero-order valence-corrected chi connectivity index (χ0v) is 11.9. The highest BCUT2D eigenvalue weighted by molar-refractivity contribution is 9.10. The summed E-state index contributed by atoms with van der Waals surface area (Å²) in [5, 5.41) is 14.0. The number of non-ortho nitro benzene ring substituents is 1. The predicted molar refractivity (Wildman–Crippen MR) is 76.3 cm³/mol. The molecule has 0 aliphatic heterocycles.